The maximum absolute atomic E-state index is 13.5. The fraction of sp³-hybridized carbons (Fsp3) is 0.412. The van der Waals surface area contributed by atoms with Gasteiger partial charge in [-0.05, 0) is 18.6 Å². The molecule has 1 aromatic carbocycles. The molecule has 1 saturated heterocycles. The lowest BCUT2D eigenvalue weighted by molar-refractivity contribution is -0.136. The van der Waals surface area contributed by atoms with E-state index in [1.165, 1.54) is 12.1 Å². The molecule has 2 aliphatic heterocycles. The SMILES string of the molecule is O=C([C@@H]1CCOC1)N1CCc2[nH]nc(-c3cccc(F)c3)c2C1. The van der Waals surface area contributed by atoms with Gasteiger partial charge in [0.15, 0.2) is 0 Å². The number of carbonyl (C=O) groups excluding carboxylic acids is 1. The zero-order chi connectivity index (χ0) is 15.8. The largest absolute Gasteiger partial charge is 0.381 e. The summed E-state index contributed by atoms with van der Waals surface area (Å²) in [6, 6.07) is 6.40. The molecule has 1 atom stereocenters. The van der Waals surface area contributed by atoms with Gasteiger partial charge in [-0.2, -0.15) is 5.10 Å². The summed E-state index contributed by atoms with van der Waals surface area (Å²) in [6.45, 7) is 2.39. The molecule has 4 rings (SSSR count). The van der Waals surface area contributed by atoms with Crippen LogP contribution in [0.1, 0.15) is 17.7 Å². The van der Waals surface area contributed by atoms with Crippen molar-refractivity contribution >= 4 is 5.91 Å². The number of hydrogen-bond donors (Lipinski definition) is 1. The van der Waals surface area contributed by atoms with E-state index in [9.17, 15) is 9.18 Å². The Morgan fingerprint density at radius 1 is 1.43 bits per heavy atom. The van der Waals surface area contributed by atoms with Gasteiger partial charge in [0, 0.05) is 42.9 Å². The summed E-state index contributed by atoms with van der Waals surface area (Å²) in [7, 11) is 0. The van der Waals surface area contributed by atoms with Crippen LogP contribution in [-0.4, -0.2) is 40.8 Å². The Balaban J connectivity index is 1.61. The lowest BCUT2D eigenvalue weighted by Crippen LogP contribution is -2.40. The number of fused-ring (bicyclic) bond motifs is 1. The molecule has 1 amide bonds. The van der Waals surface area contributed by atoms with Gasteiger partial charge in [0.2, 0.25) is 5.91 Å². The Morgan fingerprint density at radius 3 is 3.13 bits per heavy atom. The topological polar surface area (TPSA) is 58.2 Å². The van der Waals surface area contributed by atoms with E-state index in [-0.39, 0.29) is 17.6 Å². The number of H-pyrrole nitrogens is 1. The molecule has 1 fully saturated rings. The molecular weight excluding hydrogens is 297 g/mol. The van der Waals surface area contributed by atoms with E-state index in [1.54, 1.807) is 6.07 Å². The van der Waals surface area contributed by atoms with Crippen LogP contribution in [0.2, 0.25) is 0 Å². The minimum Gasteiger partial charge on any atom is -0.381 e. The first kappa shape index (κ1) is 14.4. The van der Waals surface area contributed by atoms with E-state index in [1.807, 2.05) is 11.0 Å². The number of aromatic amines is 1. The molecule has 5 nitrogen and oxygen atoms in total. The second-order valence-electron chi connectivity index (χ2n) is 6.11. The maximum atomic E-state index is 13.5. The molecule has 23 heavy (non-hydrogen) atoms. The van der Waals surface area contributed by atoms with E-state index in [0.29, 0.717) is 26.3 Å². The molecule has 0 bridgehead atoms. The lowest BCUT2D eigenvalue weighted by Gasteiger charge is -2.29. The van der Waals surface area contributed by atoms with Gasteiger partial charge in [-0.15, -0.1) is 0 Å². The highest BCUT2D eigenvalue weighted by Gasteiger charge is 2.31. The number of rotatable bonds is 2. The summed E-state index contributed by atoms with van der Waals surface area (Å²) in [4.78, 5) is 14.5. The highest BCUT2D eigenvalue weighted by Crippen LogP contribution is 2.30. The lowest BCUT2D eigenvalue weighted by atomic mass is 9.99. The van der Waals surface area contributed by atoms with Gasteiger partial charge in [0.05, 0.1) is 18.2 Å². The van der Waals surface area contributed by atoms with Crippen LogP contribution in [0, 0.1) is 11.7 Å². The van der Waals surface area contributed by atoms with Gasteiger partial charge in [0.25, 0.3) is 0 Å². The highest BCUT2D eigenvalue weighted by atomic mass is 19.1. The summed E-state index contributed by atoms with van der Waals surface area (Å²) < 4.78 is 18.8. The van der Waals surface area contributed by atoms with Crippen molar-refractivity contribution in [1.29, 1.82) is 0 Å². The van der Waals surface area contributed by atoms with E-state index in [0.717, 1.165) is 35.4 Å². The molecule has 6 heteroatoms. The quantitative estimate of drug-likeness (QED) is 0.924. The molecule has 2 aliphatic rings. The summed E-state index contributed by atoms with van der Waals surface area (Å²) in [5, 5.41) is 7.38. The highest BCUT2D eigenvalue weighted by molar-refractivity contribution is 5.80. The monoisotopic (exact) mass is 315 g/mol. The van der Waals surface area contributed by atoms with E-state index < -0.39 is 0 Å². The van der Waals surface area contributed by atoms with Crippen LogP contribution in [0.15, 0.2) is 24.3 Å². The number of ether oxygens (including phenoxy) is 1. The van der Waals surface area contributed by atoms with Gasteiger partial charge >= 0.3 is 0 Å². The van der Waals surface area contributed by atoms with Crippen LogP contribution in [0.25, 0.3) is 11.3 Å². The Labute approximate surface area is 133 Å². The standard InChI is InChI=1S/C17H18FN3O2/c18-13-3-1-2-11(8-13)16-14-9-21(6-4-15(14)19-20-16)17(22)12-5-7-23-10-12/h1-3,8,12H,4-7,9-10H2,(H,19,20)/t12-/m1/s1. The summed E-state index contributed by atoms with van der Waals surface area (Å²) in [6.07, 6.45) is 1.54. The number of amides is 1. The van der Waals surface area contributed by atoms with Crippen molar-refractivity contribution < 1.29 is 13.9 Å². The minimum atomic E-state index is -0.286. The van der Waals surface area contributed by atoms with Gasteiger partial charge in [0.1, 0.15) is 5.82 Å². The normalized spacial score (nSPS) is 20.6. The van der Waals surface area contributed by atoms with Crippen LogP contribution in [0.4, 0.5) is 4.39 Å². The number of benzene rings is 1. The average Bonchev–Trinajstić information content (AvgIpc) is 3.23. The predicted molar refractivity (Wildman–Crippen MR) is 82.0 cm³/mol. The Morgan fingerprint density at radius 2 is 2.35 bits per heavy atom. The van der Waals surface area contributed by atoms with Gasteiger partial charge < -0.3 is 9.64 Å². The van der Waals surface area contributed by atoms with Crippen molar-refractivity contribution in [3.05, 3.63) is 41.3 Å². The van der Waals surface area contributed by atoms with Gasteiger partial charge in [-0.3, -0.25) is 9.89 Å². The zero-order valence-corrected chi connectivity index (χ0v) is 12.7. The molecule has 0 unspecified atom stereocenters. The minimum absolute atomic E-state index is 0.0268. The maximum Gasteiger partial charge on any atom is 0.228 e. The number of aromatic nitrogens is 2. The zero-order valence-electron chi connectivity index (χ0n) is 12.7. The van der Waals surface area contributed by atoms with Gasteiger partial charge in [-0.25, -0.2) is 4.39 Å². The van der Waals surface area contributed by atoms with Crippen LogP contribution < -0.4 is 0 Å². The molecule has 1 N–H and O–H groups in total. The van der Waals surface area contributed by atoms with E-state index in [4.69, 9.17) is 4.74 Å². The molecule has 120 valence electrons. The molecule has 2 aromatic rings. The Bertz CT molecular complexity index is 737. The molecule has 0 radical (unpaired) electrons. The van der Waals surface area contributed by atoms with Crippen LogP contribution in [0.3, 0.4) is 0 Å². The van der Waals surface area contributed by atoms with Crippen LogP contribution in [0.5, 0.6) is 0 Å². The first-order valence-corrected chi connectivity index (χ1v) is 7.91. The first-order valence-electron chi connectivity index (χ1n) is 7.91. The average molecular weight is 315 g/mol. The van der Waals surface area contributed by atoms with E-state index in [2.05, 4.69) is 10.2 Å². The number of halogens is 1. The number of hydrogen-bond acceptors (Lipinski definition) is 3. The van der Waals surface area contributed by atoms with Crippen molar-refractivity contribution in [2.75, 3.05) is 19.8 Å². The fourth-order valence-corrected chi connectivity index (χ4v) is 3.35. The molecule has 1 aromatic heterocycles. The smallest absolute Gasteiger partial charge is 0.228 e. The first-order chi connectivity index (χ1) is 11.2. The second-order valence-corrected chi connectivity index (χ2v) is 6.11. The van der Waals surface area contributed by atoms with Crippen molar-refractivity contribution in [1.82, 2.24) is 15.1 Å². The third kappa shape index (κ3) is 2.63. The molecular formula is C17H18FN3O2. The van der Waals surface area contributed by atoms with Crippen LogP contribution in [-0.2, 0) is 22.5 Å². The molecule has 0 saturated carbocycles. The number of nitrogens with one attached hydrogen (secondary N) is 1. The van der Waals surface area contributed by atoms with Crippen molar-refractivity contribution in [2.24, 2.45) is 5.92 Å². The second kappa shape index (κ2) is 5.77. The number of nitrogens with zero attached hydrogens (tertiary/aromatic N) is 2. The van der Waals surface area contributed by atoms with Crippen LogP contribution >= 0.6 is 0 Å². The van der Waals surface area contributed by atoms with Crippen molar-refractivity contribution in [2.45, 2.75) is 19.4 Å². The summed E-state index contributed by atoms with van der Waals surface area (Å²) >= 11 is 0. The van der Waals surface area contributed by atoms with Crippen molar-refractivity contribution in [3.8, 4) is 11.3 Å². The Kier molecular flexibility index (Phi) is 3.61. The summed E-state index contributed by atoms with van der Waals surface area (Å²) in [5.74, 6) is -0.160. The molecule has 0 spiro atoms. The summed E-state index contributed by atoms with van der Waals surface area (Å²) in [5.41, 5.74) is 3.51. The molecule has 0 aliphatic carbocycles. The fourth-order valence-electron chi connectivity index (χ4n) is 3.35. The van der Waals surface area contributed by atoms with E-state index >= 15 is 0 Å². The third-order valence-corrected chi connectivity index (χ3v) is 4.62. The van der Waals surface area contributed by atoms with Gasteiger partial charge in [-0.1, -0.05) is 12.1 Å². The molecule has 3 heterocycles. The predicted octanol–water partition coefficient (Wildman–Crippen LogP) is 2.14. The third-order valence-electron chi connectivity index (χ3n) is 4.62. The number of carbonyl (C=O) groups is 1. The van der Waals surface area contributed by atoms with Crippen molar-refractivity contribution in [3.63, 3.8) is 0 Å². The Hall–Kier alpha value is -2.21.